The second kappa shape index (κ2) is 4.88. The van der Waals surface area contributed by atoms with Crippen molar-refractivity contribution in [2.45, 2.75) is 51.6 Å². The number of nitrogens with one attached hydrogen (secondary N) is 1. The SMILES string of the molecule is CN(C)c1cc(CNC2CC2)cc(C(C)(C)C)n1. The zero-order valence-electron chi connectivity index (χ0n) is 12.2. The highest BCUT2D eigenvalue weighted by Gasteiger charge is 2.21. The fourth-order valence-corrected chi connectivity index (χ4v) is 1.84. The second-order valence-electron chi connectivity index (χ2n) is 6.52. The predicted octanol–water partition coefficient (Wildman–Crippen LogP) is 2.70. The molecular weight excluding hydrogens is 222 g/mol. The van der Waals surface area contributed by atoms with E-state index < -0.39 is 0 Å². The molecule has 0 saturated heterocycles. The van der Waals surface area contributed by atoms with Crippen LogP contribution in [0.1, 0.15) is 44.9 Å². The van der Waals surface area contributed by atoms with E-state index in [1.807, 2.05) is 14.1 Å². The van der Waals surface area contributed by atoms with Crippen molar-refractivity contribution in [1.82, 2.24) is 10.3 Å². The van der Waals surface area contributed by atoms with Crippen molar-refractivity contribution < 1.29 is 0 Å². The van der Waals surface area contributed by atoms with Crippen LogP contribution in [0.2, 0.25) is 0 Å². The summed E-state index contributed by atoms with van der Waals surface area (Å²) in [6.07, 6.45) is 2.66. The van der Waals surface area contributed by atoms with Gasteiger partial charge in [-0.1, -0.05) is 20.8 Å². The quantitative estimate of drug-likeness (QED) is 0.886. The van der Waals surface area contributed by atoms with Crippen LogP contribution in [0.3, 0.4) is 0 Å². The first kappa shape index (κ1) is 13.3. The molecule has 0 aliphatic heterocycles. The Morgan fingerprint density at radius 3 is 2.44 bits per heavy atom. The van der Waals surface area contributed by atoms with Gasteiger partial charge in [-0.05, 0) is 30.5 Å². The van der Waals surface area contributed by atoms with Crippen molar-refractivity contribution in [1.29, 1.82) is 0 Å². The molecule has 1 saturated carbocycles. The van der Waals surface area contributed by atoms with Crippen molar-refractivity contribution in [2.24, 2.45) is 0 Å². The summed E-state index contributed by atoms with van der Waals surface area (Å²) >= 11 is 0. The van der Waals surface area contributed by atoms with E-state index in [1.165, 1.54) is 24.1 Å². The third-order valence-electron chi connectivity index (χ3n) is 3.27. The van der Waals surface area contributed by atoms with E-state index in [1.54, 1.807) is 0 Å². The van der Waals surface area contributed by atoms with Gasteiger partial charge in [0.25, 0.3) is 0 Å². The van der Waals surface area contributed by atoms with Crippen molar-refractivity contribution in [3.8, 4) is 0 Å². The zero-order valence-corrected chi connectivity index (χ0v) is 12.2. The molecule has 0 atom stereocenters. The second-order valence-corrected chi connectivity index (χ2v) is 6.52. The van der Waals surface area contributed by atoms with Gasteiger partial charge in [-0.3, -0.25) is 0 Å². The molecule has 1 aliphatic rings. The van der Waals surface area contributed by atoms with E-state index in [4.69, 9.17) is 4.98 Å². The van der Waals surface area contributed by atoms with E-state index in [2.05, 4.69) is 43.1 Å². The van der Waals surface area contributed by atoms with Crippen LogP contribution in [0.4, 0.5) is 5.82 Å². The normalized spacial score (nSPS) is 15.8. The number of nitrogens with zero attached hydrogens (tertiary/aromatic N) is 2. The topological polar surface area (TPSA) is 28.2 Å². The summed E-state index contributed by atoms with van der Waals surface area (Å²) in [5, 5.41) is 3.57. The van der Waals surface area contributed by atoms with Crippen LogP contribution in [0.15, 0.2) is 12.1 Å². The maximum atomic E-state index is 4.75. The lowest BCUT2D eigenvalue weighted by Crippen LogP contribution is -2.21. The van der Waals surface area contributed by atoms with Crippen molar-refractivity contribution in [3.63, 3.8) is 0 Å². The molecule has 0 amide bonds. The third kappa shape index (κ3) is 3.45. The molecule has 100 valence electrons. The molecule has 0 bridgehead atoms. The van der Waals surface area contributed by atoms with Gasteiger partial charge in [-0.25, -0.2) is 4.98 Å². The lowest BCUT2D eigenvalue weighted by atomic mass is 9.90. The van der Waals surface area contributed by atoms with Crippen molar-refractivity contribution in [2.75, 3.05) is 19.0 Å². The number of rotatable bonds is 4. The van der Waals surface area contributed by atoms with E-state index in [9.17, 15) is 0 Å². The van der Waals surface area contributed by atoms with Gasteiger partial charge in [-0.15, -0.1) is 0 Å². The lowest BCUT2D eigenvalue weighted by Gasteiger charge is -2.22. The predicted molar refractivity (Wildman–Crippen MR) is 77.1 cm³/mol. The van der Waals surface area contributed by atoms with E-state index in [0.717, 1.165) is 18.4 Å². The third-order valence-corrected chi connectivity index (χ3v) is 3.27. The summed E-state index contributed by atoms with van der Waals surface area (Å²) in [6.45, 7) is 7.60. The van der Waals surface area contributed by atoms with Gasteiger partial charge >= 0.3 is 0 Å². The Hall–Kier alpha value is -1.09. The average Bonchev–Trinajstić information content (AvgIpc) is 3.08. The van der Waals surface area contributed by atoms with Gasteiger partial charge in [0, 0.05) is 37.8 Å². The molecule has 18 heavy (non-hydrogen) atoms. The van der Waals surface area contributed by atoms with Crippen LogP contribution < -0.4 is 10.2 Å². The number of aromatic nitrogens is 1. The lowest BCUT2D eigenvalue weighted by molar-refractivity contribution is 0.566. The summed E-state index contributed by atoms with van der Waals surface area (Å²) < 4.78 is 0. The van der Waals surface area contributed by atoms with Crippen LogP contribution in [0.5, 0.6) is 0 Å². The maximum Gasteiger partial charge on any atom is 0.128 e. The van der Waals surface area contributed by atoms with Crippen LogP contribution in [-0.2, 0) is 12.0 Å². The molecule has 1 heterocycles. The molecule has 0 unspecified atom stereocenters. The van der Waals surface area contributed by atoms with Crippen LogP contribution >= 0.6 is 0 Å². The first-order valence-corrected chi connectivity index (χ1v) is 6.78. The highest BCUT2D eigenvalue weighted by molar-refractivity contribution is 5.42. The summed E-state index contributed by atoms with van der Waals surface area (Å²) in [7, 11) is 4.10. The Morgan fingerprint density at radius 2 is 1.94 bits per heavy atom. The van der Waals surface area contributed by atoms with Gasteiger partial charge in [0.05, 0.1) is 0 Å². The largest absolute Gasteiger partial charge is 0.363 e. The molecule has 1 aromatic heterocycles. The molecule has 1 fully saturated rings. The minimum atomic E-state index is 0.0976. The molecule has 0 spiro atoms. The number of pyridine rings is 1. The number of hydrogen-bond acceptors (Lipinski definition) is 3. The standard InChI is InChI=1S/C15H25N3/c1-15(2,3)13-8-11(10-16-12-6-7-12)9-14(17-13)18(4)5/h8-9,12,16H,6-7,10H2,1-5H3. The van der Waals surface area contributed by atoms with Gasteiger partial charge in [0.2, 0.25) is 0 Å². The monoisotopic (exact) mass is 247 g/mol. The minimum Gasteiger partial charge on any atom is -0.363 e. The highest BCUT2D eigenvalue weighted by atomic mass is 15.1. The van der Waals surface area contributed by atoms with Crippen molar-refractivity contribution in [3.05, 3.63) is 23.4 Å². The Balaban J connectivity index is 2.23. The highest BCUT2D eigenvalue weighted by Crippen LogP contribution is 2.25. The maximum absolute atomic E-state index is 4.75. The minimum absolute atomic E-state index is 0.0976. The Labute approximate surface area is 111 Å². The molecule has 0 aromatic carbocycles. The molecule has 3 heteroatoms. The summed E-state index contributed by atoms with van der Waals surface area (Å²) in [6, 6.07) is 5.17. The smallest absolute Gasteiger partial charge is 0.128 e. The molecule has 1 aliphatic carbocycles. The van der Waals surface area contributed by atoms with Gasteiger partial charge in [0.15, 0.2) is 0 Å². The van der Waals surface area contributed by atoms with Crippen molar-refractivity contribution >= 4 is 5.82 Å². The molecule has 0 radical (unpaired) electrons. The van der Waals surface area contributed by atoms with E-state index in [-0.39, 0.29) is 5.41 Å². The molecule has 1 N–H and O–H groups in total. The van der Waals surface area contributed by atoms with Crippen LogP contribution in [0, 0.1) is 0 Å². The van der Waals surface area contributed by atoms with E-state index >= 15 is 0 Å². The first-order chi connectivity index (χ1) is 8.36. The van der Waals surface area contributed by atoms with E-state index in [0.29, 0.717) is 0 Å². The Bertz CT molecular complexity index is 414. The number of anilines is 1. The fraction of sp³-hybridized carbons (Fsp3) is 0.667. The van der Waals surface area contributed by atoms with Gasteiger partial charge in [-0.2, -0.15) is 0 Å². The first-order valence-electron chi connectivity index (χ1n) is 6.78. The number of hydrogen-bond donors (Lipinski definition) is 1. The summed E-state index contributed by atoms with van der Waals surface area (Å²) in [4.78, 5) is 6.82. The van der Waals surface area contributed by atoms with Gasteiger partial charge < -0.3 is 10.2 Å². The fourth-order valence-electron chi connectivity index (χ4n) is 1.84. The Kier molecular flexibility index (Phi) is 3.62. The molecule has 1 aromatic rings. The summed E-state index contributed by atoms with van der Waals surface area (Å²) in [5.41, 5.74) is 2.60. The Morgan fingerprint density at radius 1 is 1.28 bits per heavy atom. The van der Waals surface area contributed by atoms with Crippen LogP contribution in [-0.4, -0.2) is 25.1 Å². The van der Waals surface area contributed by atoms with Crippen LogP contribution in [0.25, 0.3) is 0 Å². The zero-order chi connectivity index (χ0) is 13.3. The summed E-state index contributed by atoms with van der Waals surface area (Å²) in [5.74, 6) is 1.05. The molecule has 2 rings (SSSR count). The van der Waals surface area contributed by atoms with Gasteiger partial charge in [0.1, 0.15) is 5.82 Å². The average molecular weight is 247 g/mol. The molecular formula is C15H25N3. The molecule has 3 nitrogen and oxygen atoms in total.